The van der Waals surface area contributed by atoms with Crippen LogP contribution in [0.1, 0.15) is 34.3 Å². The molecule has 2 aromatic heterocycles. The number of amides is 2. The van der Waals surface area contributed by atoms with Gasteiger partial charge in [-0.2, -0.15) is 10.4 Å². The van der Waals surface area contributed by atoms with Gasteiger partial charge in [-0.05, 0) is 43.0 Å². The van der Waals surface area contributed by atoms with Crippen LogP contribution >= 0.6 is 0 Å². The first-order valence-corrected chi connectivity index (χ1v) is 11.6. The average molecular weight is 492 g/mol. The fourth-order valence-corrected chi connectivity index (χ4v) is 4.29. The molecule has 1 aromatic carbocycles. The first-order chi connectivity index (χ1) is 17.4. The number of halogens is 1. The van der Waals surface area contributed by atoms with E-state index in [0.717, 1.165) is 12.0 Å². The molecule has 0 aliphatic carbocycles. The lowest BCUT2D eigenvalue weighted by molar-refractivity contribution is 0.0934. The minimum absolute atomic E-state index is 0.153. The largest absolute Gasteiger partial charge is 0.465 e. The van der Waals surface area contributed by atoms with Crippen LogP contribution in [0, 0.1) is 17.1 Å². The summed E-state index contributed by atoms with van der Waals surface area (Å²) in [5, 5.41) is 29.2. The number of aromatic nitrogens is 3. The third-order valence-electron chi connectivity index (χ3n) is 6.08. The zero-order valence-electron chi connectivity index (χ0n) is 19.7. The summed E-state index contributed by atoms with van der Waals surface area (Å²) < 4.78 is 15.1. The van der Waals surface area contributed by atoms with E-state index in [1.54, 1.807) is 30.2 Å². The maximum absolute atomic E-state index is 13.5. The number of carboxylic acid groups (broad SMARTS) is 1. The summed E-state index contributed by atoms with van der Waals surface area (Å²) in [6.07, 6.45) is 4.17. The summed E-state index contributed by atoms with van der Waals surface area (Å²) >= 11 is 0. The Morgan fingerprint density at radius 2 is 2.17 bits per heavy atom. The van der Waals surface area contributed by atoms with Crippen LogP contribution in [-0.2, 0) is 13.5 Å². The average Bonchev–Trinajstić information content (AvgIpc) is 3.51. The van der Waals surface area contributed by atoms with Crippen molar-refractivity contribution in [2.45, 2.75) is 25.3 Å². The molecule has 1 atom stereocenters. The van der Waals surface area contributed by atoms with E-state index < -0.39 is 12.0 Å². The Morgan fingerprint density at radius 1 is 1.33 bits per heavy atom. The first kappa shape index (κ1) is 24.7. The number of nitrogens with zero attached hydrogens (tertiary/aromatic N) is 5. The smallest absolute Gasteiger partial charge is 0.407 e. The van der Waals surface area contributed by atoms with Crippen LogP contribution in [-0.4, -0.2) is 62.4 Å². The summed E-state index contributed by atoms with van der Waals surface area (Å²) in [5.41, 5.74) is 2.15. The Kier molecular flexibility index (Phi) is 7.44. The second-order valence-electron chi connectivity index (χ2n) is 8.58. The second kappa shape index (κ2) is 10.9. The lowest BCUT2D eigenvalue weighted by Gasteiger charge is -2.22. The number of carbonyl (C=O) groups is 2. The maximum Gasteiger partial charge on any atom is 0.407 e. The number of benzene rings is 1. The van der Waals surface area contributed by atoms with Gasteiger partial charge in [-0.3, -0.25) is 9.48 Å². The lowest BCUT2D eigenvalue weighted by atomic mass is 10.1. The molecule has 11 heteroatoms. The molecular weight excluding hydrogens is 465 g/mol. The Balaban J connectivity index is 1.58. The first-order valence-electron chi connectivity index (χ1n) is 11.6. The molecule has 0 bridgehead atoms. The van der Waals surface area contributed by atoms with Gasteiger partial charge in [0, 0.05) is 38.4 Å². The van der Waals surface area contributed by atoms with Crippen molar-refractivity contribution in [3.8, 4) is 17.3 Å². The zero-order valence-corrected chi connectivity index (χ0v) is 19.7. The van der Waals surface area contributed by atoms with E-state index in [1.165, 1.54) is 23.1 Å². The summed E-state index contributed by atoms with van der Waals surface area (Å²) in [5.74, 6) is -0.532. The number of carbonyl (C=O) groups excluding carboxylic acids is 1. The number of nitriles is 1. The van der Waals surface area contributed by atoms with Crippen molar-refractivity contribution in [3.63, 3.8) is 0 Å². The Morgan fingerprint density at radius 3 is 2.86 bits per heavy atom. The summed E-state index contributed by atoms with van der Waals surface area (Å²) in [4.78, 5) is 30.5. The number of hydrogen-bond acceptors (Lipinski definition) is 6. The highest BCUT2D eigenvalue weighted by atomic mass is 19.1. The van der Waals surface area contributed by atoms with Crippen LogP contribution in [0.25, 0.3) is 11.3 Å². The predicted molar refractivity (Wildman–Crippen MR) is 130 cm³/mol. The molecule has 4 rings (SSSR count). The third-order valence-corrected chi connectivity index (χ3v) is 6.08. The van der Waals surface area contributed by atoms with Gasteiger partial charge in [-0.15, -0.1) is 0 Å². The molecule has 1 saturated heterocycles. The van der Waals surface area contributed by atoms with Crippen LogP contribution in [0.5, 0.6) is 0 Å². The number of pyridine rings is 1. The van der Waals surface area contributed by atoms with E-state index >= 15 is 0 Å². The normalized spacial score (nSPS) is 14.9. The lowest BCUT2D eigenvalue weighted by Crippen LogP contribution is -2.42. The van der Waals surface area contributed by atoms with Crippen LogP contribution < -0.4 is 10.6 Å². The van der Waals surface area contributed by atoms with E-state index in [9.17, 15) is 24.3 Å². The van der Waals surface area contributed by atoms with E-state index in [-0.39, 0.29) is 35.3 Å². The molecule has 0 saturated carbocycles. The fourth-order valence-electron chi connectivity index (χ4n) is 4.29. The fraction of sp³-hybridized carbons (Fsp3) is 0.320. The number of nitrogens with one attached hydrogen (secondary N) is 2. The van der Waals surface area contributed by atoms with Crippen molar-refractivity contribution in [1.29, 1.82) is 5.26 Å². The van der Waals surface area contributed by atoms with Gasteiger partial charge < -0.3 is 20.6 Å². The van der Waals surface area contributed by atoms with Gasteiger partial charge in [-0.1, -0.05) is 12.1 Å². The van der Waals surface area contributed by atoms with Crippen LogP contribution in [0.3, 0.4) is 0 Å². The summed E-state index contributed by atoms with van der Waals surface area (Å²) in [7, 11) is 1.75. The predicted octanol–water partition coefficient (Wildman–Crippen LogP) is 3.02. The Bertz CT molecular complexity index is 1320. The van der Waals surface area contributed by atoms with Crippen molar-refractivity contribution in [3.05, 3.63) is 65.2 Å². The Labute approximate surface area is 207 Å². The standard InChI is InChI=1S/C25H26FN7O3/c1-32-15-18(13-30-32)22-17(12-27)11-21(24(34)29-14-20-6-3-9-33(20)25(35)36)23(31-22)28-8-7-16-4-2-5-19(26)10-16/h2,4-5,10-11,13,15,20H,3,6-9,14H2,1H3,(H,28,31)(H,29,34)(H,35,36)/t20-/m1/s1. The minimum Gasteiger partial charge on any atom is -0.465 e. The van der Waals surface area contributed by atoms with Crippen molar-refractivity contribution in [1.82, 2.24) is 25.0 Å². The van der Waals surface area contributed by atoms with Crippen LogP contribution in [0.4, 0.5) is 15.0 Å². The second-order valence-corrected chi connectivity index (χ2v) is 8.58. The van der Waals surface area contributed by atoms with E-state index in [1.807, 2.05) is 6.07 Å². The molecule has 186 valence electrons. The molecule has 1 aliphatic heterocycles. The monoisotopic (exact) mass is 491 g/mol. The SMILES string of the molecule is Cn1cc(-c2nc(NCCc3cccc(F)c3)c(C(=O)NC[C@H]3CCCN3C(=O)O)cc2C#N)cn1. The number of rotatable bonds is 8. The molecule has 10 nitrogen and oxygen atoms in total. The molecular formula is C25H26FN7O3. The van der Waals surface area contributed by atoms with Gasteiger partial charge in [0.2, 0.25) is 0 Å². The maximum atomic E-state index is 13.5. The van der Waals surface area contributed by atoms with Gasteiger partial charge in [0.15, 0.2) is 0 Å². The highest BCUT2D eigenvalue weighted by Gasteiger charge is 2.29. The number of anilines is 1. The molecule has 36 heavy (non-hydrogen) atoms. The molecule has 1 fully saturated rings. The summed E-state index contributed by atoms with van der Waals surface area (Å²) in [6.45, 7) is 0.952. The topological polar surface area (TPSA) is 136 Å². The molecule has 2 amide bonds. The van der Waals surface area contributed by atoms with Crippen LogP contribution in [0.2, 0.25) is 0 Å². The van der Waals surface area contributed by atoms with E-state index in [2.05, 4.69) is 26.8 Å². The highest BCUT2D eigenvalue weighted by molar-refractivity contribution is 6.00. The molecule has 3 aromatic rings. The van der Waals surface area contributed by atoms with Crippen molar-refractivity contribution >= 4 is 17.8 Å². The third kappa shape index (κ3) is 5.60. The van der Waals surface area contributed by atoms with Gasteiger partial charge in [-0.25, -0.2) is 14.2 Å². The zero-order chi connectivity index (χ0) is 25.7. The molecule has 3 N–H and O–H groups in total. The van der Waals surface area contributed by atoms with Gasteiger partial charge in [0.1, 0.15) is 17.7 Å². The van der Waals surface area contributed by atoms with Crippen molar-refractivity contribution in [2.24, 2.45) is 7.05 Å². The minimum atomic E-state index is -1.01. The summed E-state index contributed by atoms with van der Waals surface area (Å²) in [6, 6.07) is 9.51. The van der Waals surface area contributed by atoms with E-state index in [4.69, 9.17) is 0 Å². The van der Waals surface area contributed by atoms with E-state index in [0.29, 0.717) is 37.2 Å². The molecule has 1 aliphatic rings. The number of likely N-dealkylation sites (tertiary alicyclic amines) is 1. The van der Waals surface area contributed by atoms with Crippen LogP contribution in [0.15, 0.2) is 42.7 Å². The van der Waals surface area contributed by atoms with Crippen molar-refractivity contribution in [2.75, 3.05) is 25.0 Å². The van der Waals surface area contributed by atoms with Gasteiger partial charge in [0.05, 0.1) is 29.1 Å². The molecule has 0 unspecified atom stereocenters. The van der Waals surface area contributed by atoms with Crippen molar-refractivity contribution < 1.29 is 19.1 Å². The van der Waals surface area contributed by atoms with Gasteiger partial charge >= 0.3 is 6.09 Å². The molecule has 0 spiro atoms. The number of aryl methyl sites for hydroxylation is 1. The molecule has 3 heterocycles. The van der Waals surface area contributed by atoms with Gasteiger partial charge in [0.25, 0.3) is 5.91 Å². The highest BCUT2D eigenvalue weighted by Crippen LogP contribution is 2.26. The Hall–Kier alpha value is -4.46. The quantitative estimate of drug-likeness (QED) is 0.441. The number of hydrogen-bond donors (Lipinski definition) is 3. The molecule has 0 radical (unpaired) electrons.